The Balaban J connectivity index is 2.19. The highest BCUT2D eigenvalue weighted by Gasteiger charge is 2.28. The van der Waals surface area contributed by atoms with Crippen LogP contribution in [0.1, 0.15) is 12.8 Å². The van der Waals surface area contributed by atoms with Crippen LogP contribution in [0.3, 0.4) is 0 Å². The Labute approximate surface area is 94.7 Å². The summed E-state index contributed by atoms with van der Waals surface area (Å²) in [5, 5.41) is 0.152. The summed E-state index contributed by atoms with van der Waals surface area (Å²) >= 11 is 1.66. The molecule has 15 heavy (non-hydrogen) atoms. The van der Waals surface area contributed by atoms with E-state index >= 15 is 0 Å². The van der Waals surface area contributed by atoms with Crippen LogP contribution in [-0.4, -0.2) is 24.0 Å². The molecular weight excluding hydrogens is 206 g/mol. The average molecular weight is 221 g/mol. The number of rotatable bonds is 2. The first-order chi connectivity index (χ1) is 7.33. The number of para-hydroxylation sites is 1. The molecule has 0 N–H and O–H groups in total. The van der Waals surface area contributed by atoms with Crippen molar-refractivity contribution in [2.75, 3.05) is 17.7 Å². The normalized spacial score (nSPS) is 21.8. The van der Waals surface area contributed by atoms with E-state index < -0.39 is 0 Å². The van der Waals surface area contributed by atoms with Crippen LogP contribution in [-0.2, 0) is 4.79 Å². The van der Waals surface area contributed by atoms with Crippen molar-refractivity contribution < 1.29 is 4.79 Å². The van der Waals surface area contributed by atoms with E-state index in [1.807, 2.05) is 41.5 Å². The Kier molecular flexibility index (Phi) is 3.31. The van der Waals surface area contributed by atoms with Crippen LogP contribution in [0.15, 0.2) is 30.3 Å². The van der Waals surface area contributed by atoms with Gasteiger partial charge in [-0.1, -0.05) is 18.2 Å². The van der Waals surface area contributed by atoms with Crippen molar-refractivity contribution in [3.05, 3.63) is 30.3 Å². The Morgan fingerprint density at radius 2 is 2.07 bits per heavy atom. The fourth-order valence-corrected chi connectivity index (χ4v) is 2.66. The van der Waals surface area contributed by atoms with Crippen molar-refractivity contribution in [1.29, 1.82) is 0 Å². The second-order valence-corrected chi connectivity index (χ2v) is 4.73. The van der Waals surface area contributed by atoms with Crippen molar-refractivity contribution in [1.82, 2.24) is 0 Å². The third-order valence-electron chi connectivity index (χ3n) is 2.74. The molecule has 1 aromatic rings. The molecule has 2 rings (SSSR count). The topological polar surface area (TPSA) is 20.3 Å². The van der Waals surface area contributed by atoms with E-state index in [4.69, 9.17) is 0 Å². The number of hydrogen-bond donors (Lipinski definition) is 0. The minimum absolute atomic E-state index is 0.152. The maximum Gasteiger partial charge on any atom is 0.240 e. The van der Waals surface area contributed by atoms with E-state index in [1.54, 1.807) is 11.8 Å². The van der Waals surface area contributed by atoms with E-state index in [0.29, 0.717) is 0 Å². The zero-order valence-electron chi connectivity index (χ0n) is 8.85. The van der Waals surface area contributed by atoms with Crippen LogP contribution in [0.25, 0.3) is 0 Å². The molecule has 1 unspecified atom stereocenters. The largest absolute Gasteiger partial charge is 0.311 e. The zero-order chi connectivity index (χ0) is 10.7. The molecule has 1 aliphatic rings. The summed E-state index contributed by atoms with van der Waals surface area (Å²) in [5.41, 5.74) is 1.03. The van der Waals surface area contributed by atoms with Crippen molar-refractivity contribution in [2.24, 2.45) is 0 Å². The SMILES string of the molecule is CSC1CCCN(c2ccccc2)C1=O. The van der Waals surface area contributed by atoms with E-state index in [2.05, 4.69) is 0 Å². The van der Waals surface area contributed by atoms with Crippen LogP contribution < -0.4 is 4.90 Å². The summed E-state index contributed by atoms with van der Waals surface area (Å²) in [4.78, 5) is 14.0. The lowest BCUT2D eigenvalue weighted by Gasteiger charge is -2.31. The number of nitrogens with zero attached hydrogens (tertiary/aromatic N) is 1. The molecule has 1 amide bonds. The predicted molar refractivity (Wildman–Crippen MR) is 65.3 cm³/mol. The van der Waals surface area contributed by atoms with Gasteiger partial charge in [0.15, 0.2) is 0 Å². The van der Waals surface area contributed by atoms with Gasteiger partial charge in [-0.2, -0.15) is 11.8 Å². The van der Waals surface area contributed by atoms with Gasteiger partial charge in [-0.15, -0.1) is 0 Å². The monoisotopic (exact) mass is 221 g/mol. The van der Waals surface area contributed by atoms with Gasteiger partial charge in [-0.3, -0.25) is 4.79 Å². The summed E-state index contributed by atoms with van der Waals surface area (Å²) in [7, 11) is 0. The van der Waals surface area contributed by atoms with E-state index in [9.17, 15) is 4.79 Å². The molecule has 0 aliphatic carbocycles. The van der Waals surface area contributed by atoms with Crippen molar-refractivity contribution in [2.45, 2.75) is 18.1 Å². The summed E-state index contributed by atoms with van der Waals surface area (Å²) in [6.07, 6.45) is 4.13. The van der Waals surface area contributed by atoms with Crippen molar-refractivity contribution in [3.63, 3.8) is 0 Å². The fourth-order valence-electron chi connectivity index (χ4n) is 1.93. The molecule has 0 saturated carbocycles. The van der Waals surface area contributed by atoms with Gasteiger partial charge in [0.2, 0.25) is 5.91 Å². The number of carbonyl (C=O) groups is 1. The molecule has 80 valence electrons. The Hall–Kier alpha value is -0.960. The number of amides is 1. The number of thioether (sulfide) groups is 1. The van der Waals surface area contributed by atoms with E-state index in [0.717, 1.165) is 25.1 Å². The second kappa shape index (κ2) is 4.71. The molecule has 1 saturated heterocycles. The van der Waals surface area contributed by atoms with Gasteiger partial charge < -0.3 is 4.90 Å². The molecule has 0 spiro atoms. The van der Waals surface area contributed by atoms with Crippen molar-refractivity contribution in [3.8, 4) is 0 Å². The number of anilines is 1. The van der Waals surface area contributed by atoms with Crippen LogP contribution in [0.2, 0.25) is 0 Å². The number of hydrogen-bond acceptors (Lipinski definition) is 2. The number of carbonyl (C=O) groups excluding carboxylic acids is 1. The second-order valence-electron chi connectivity index (χ2n) is 3.69. The molecule has 2 nitrogen and oxygen atoms in total. The van der Waals surface area contributed by atoms with Gasteiger partial charge in [-0.25, -0.2) is 0 Å². The predicted octanol–water partition coefficient (Wildman–Crippen LogP) is 2.55. The molecule has 1 aromatic carbocycles. The molecule has 0 aromatic heterocycles. The summed E-state index contributed by atoms with van der Waals surface area (Å²) < 4.78 is 0. The maximum absolute atomic E-state index is 12.1. The Morgan fingerprint density at radius 3 is 2.73 bits per heavy atom. The molecule has 1 fully saturated rings. The standard InChI is InChI=1S/C12H15NOS/c1-15-11-8-5-9-13(12(11)14)10-6-3-2-4-7-10/h2-4,6-7,11H,5,8-9H2,1H3. The first-order valence-corrected chi connectivity index (χ1v) is 6.51. The highest BCUT2D eigenvalue weighted by molar-refractivity contribution is 7.99. The first kappa shape index (κ1) is 10.6. The van der Waals surface area contributed by atoms with Crippen LogP contribution in [0.4, 0.5) is 5.69 Å². The molecule has 0 bridgehead atoms. The third-order valence-corrected chi connectivity index (χ3v) is 3.75. The van der Waals surface area contributed by atoms with Gasteiger partial charge in [-0.05, 0) is 31.2 Å². The van der Waals surface area contributed by atoms with Crippen LogP contribution in [0.5, 0.6) is 0 Å². The van der Waals surface area contributed by atoms with Crippen LogP contribution in [0, 0.1) is 0 Å². The summed E-state index contributed by atoms with van der Waals surface area (Å²) in [6.45, 7) is 0.861. The lowest BCUT2D eigenvalue weighted by Crippen LogP contribution is -2.42. The first-order valence-electron chi connectivity index (χ1n) is 5.22. The smallest absolute Gasteiger partial charge is 0.240 e. The minimum Gasteiger partial charge on any atom is -0.311 e. The molecule has 3 heteroatoms. The van der Waals surface area contributed by atoms with Crippen LogP contribution >= 0.6 is 11.8 Å². The van der Waals surface area contributed by atoms with Gasteiger partial charge in [0.1, 0.15) is 0 Å². The van der Waals surface area contributed by atoms with Gasteiger partial charge >= 0.3 is 0 Å². The molecule has 1 atom stereocenters. The molecule has 0 radical (unpaired) electrons. The quantitative estimate of drug-likeness (QED) is 0.765. The van der Waals surface area contributed by atoms with Gasteiger partial charge in [0.05, 0.1) is 5.25 Å². The number of piperidine rings is 1. The average Bonchev–Trinajstić information content (AvgIpc) is 2.30. The highest BCUT2D eigenvalue weighted by Crippen LogP contribution is 2.25. The lowest BCUT2D eigenvalue weighted by atomic mass is 10.1. The van der Waals surface area contributed by atoms with Crippen molar-refractivity contribution >= 4 is 23.4 Å². The zero-order valence-corrected chi connectivity index (χ0v) is 9.67. The van der Waals surface area contributed by atoms with Gasteiger partial charge in [0, 0.05) is 12.2 Å². The fraction of sp³-hybridized carbons (Fsp3) is 0.417. The molecule has 1 heterocycles. The Bertz CT molecular complexity index is 339. The third kappa shape index (κ3) is 2.17. The van der Waals surface area contributed by atoms with E-state index in [1.165, 1.54) is 0 Å². The molecule has 1 aliphatic heterocycles. The van der Waals surface area contributed by atoms with Gasteiger partial charge in [0.25, 0.3) is 0 Å². The minimum atomic E-state index is 0.152. The molecular formula is C12H15NOS. The highest BCUT2D eigenvalue weighted by atomic mass is 32.2. The number of benzene rings is 1. The maximum atomic E-state index is 12.1. The van der Waals surface area contributed by atoms with E-state index in [-0.39, 0.29) is 11.2 Å². The summed E-state index contributed by atoms with van der Waals surface area (Å²) in [6, 6.07) is 9.93. The Morgan fingerprint density at radius 1 is 1.33 bits per heavy atom. The summed E-state index contributed by atoms with van der Waals surface area (Å²) in [5.74, 6) is 0.264. The lowest BCUT2D eigenvalue weighted by molar-refractivity contribution is -0.119.